The Bertz CT molecular complexity index is 794. The predicted molar refractivity (Wildman–Crippen MR) is 114 cm³/mol. The Balaban J connectivity index is 2.16. The van der Waals surface area contributed by atoms with Crippen LogP contribution in [0.2, 0.25) is 0 Å². The molecule has 0 atom stereocenters. The summed E-state index contributed by atoms with van der Waals surface area (Å²) in [4.78, 5) is 8.61. The number of aryl methyl sites for hydroxylation is 2. The molecule has 4 heteroatoms. The SMILES string of the molecule is Cc1cc(C=NCN=Cc2cc(C)cc(C(C)C)c2O)c(O)c(C(C)C)c1. The number of aliphatic imine (C=N–C) groups is 2. The van der Waals surface area contributed by atoms with Crippen LogP contribution in [0, 0.1) is 13.8 Å². The molecule has 0 saturated heterocycles. The minimum absolute atomic E-state index is 0.231. The van der Waals surface area contributed by atoms with E-state index in [1.54, 1.807) is 12.4 Å². The van der Waals surface area contributed by atoms with Crippen LogP contribution in [0.3, 0.4) is 0 Å². The Labute approximate surface area is 162 Å². The van der Waals surface area contributed by atoms with E-state index >= 15 is 0 Å². The maximum atomic E-state index is 10.4. The highest BCUT2D eigenvalue weighted by molar-refractivity contribution is 5.86. The molecule has 0 spiro atoms. The Hall–Kier alpha value is -2.62. The first kappa shape index (κ1) is 20.7. The molecule has 2 N–H and O–H groups in total. The molecule has 27 heavy (non-hydrogen) atoms. The summed E-state index contributed by atoms with van der Waals surface area (Å²) in [6, 6.07) is 7.83. The van der Waals surface area contributed by atoms with E-state index in [0.29, 0.717) is 11.1 Å². The molecule has 0 unspecified atom stereocenters. The van der Waals surface area contributed by atoms with Gasteiger partial charge in [0.1, 0.15) is 18.2 Å². The molecule has 0 aliphatic rings. The minimum atomic E-state index is 0.231. The quantitative estimate of drug-likeness (QED) is 0.667. The molecule has 0 radical (unpaired) electrons. The Kier molecular flexibility index (Phi) is 6.78. The van der Waals surface area contributed by atoms with Gasteiger partial charge in [-0.15, -0.1) is 0 Å². The van der Waals surface area contributed by atoms with E-state index in [-0.39, 0.29) is 30.0 Å². The first-order chi connectivity index (χ1) is 12.7. The molecule has 0 bridgehead atoms. The molecule has 144 valence electrons. The van der Waals surface area contributed by atoms with Crippen molar-refractivity contribution in [3.63, 3.8) is 0 Å². The molecule has 0 aromatic heterocycles. The van der Waals surface area contributed by atoms with Crippen molar-refractivity contribution >= 4 is 12.4 Å². The summed E-state index contributed by atoms with van der Waals surface area (Å²) in [5.41, 5.74) is 5.43. The smallest absolute Gasteiger partial charge is 0.129 e. The van der Waals surface area contributed by atoms with Crippen molar-refractivity contribution in [2.24, 2.45) is 9.98 Å². The second-order valence-electron chi connectivity index (χ2n) is 7.66. The maximum absolute atomic E-state index is 10.4. The molecular formula is C23H30N2O2. The summed E-state index contributed by atoms with van der Waals surface area (Å²) in [6.45, 7) is 12.5. The predicted octanol–water partition coefficient (Wildman–Crippen LogP) is 5.46. The highest BCUT2D eigenvalue weighted by Gasteiger charge is 2.11. The Morgan fingerprint density at radius 3 is 1.44 bits per heavy atom. The number of phenols is 2. The molecule has 2 aromatic rings. The first-order valence-electron chi connectivity index (χ1n) is 9.37. The van der Waals surface area contributed by atoms with Crippen LogP contribution in [0.15, 0.2) is 34.3 Å². The van der Waals surface area contributed by atoms with E-state index in [4.69, 9.17) is 0 Å². The van der Waals surface area contributed by atoms with E-state index in [1.165, 1.54) is 0 Å². The van der Waals surface area contributed by atoms with Gasteiger partial charge in [0.15, 0.2) is 0 Å². The number of hydrogen-bond donors (Lipinski definition) is 2. The summed E-state index contributed by atoms with van der Waals surface area (Å²) in [5.74, 6) is 1.05. The number of benzene rings is 2. The number of hydrogen-bond acceptors (Lipinski definition) is 4. The van der Waals surface area contributed by atoms with Crippen LogP contribution >= 0.6 is 0 Å². The number of aromatic hydroxyl groups is 2. The van der Waals surface area contributed by atoms with Gasteiger partial charge in [0.25, 0.3) is 0 Å². The fraction of sp³-hybridized carbons (Fsp3) is 0.391. The zero-order valence-corrected chi connectivity index (χ0v) is 17.1. The summed E-state index contributed by atoms with van der Waals surface area (Å²) in [6.07, 6.45) is 3.31. The van der Waals surface area contributed by atoms with Gasteiger partial charge in [-0.2, -0.15) is 0 Å². The highest BCUT2D eigenvalue weighted by Crippen LogP contribution is 2.30. The van der Waals surface area contributed by atoms with Crippen molar-refractivity contribution in [1.82, 2.24) is 0 Å². The van der Waals surface area contributed by atoms with Crippen LogP contribution in [0.1, 0.15) is 72.9 Å². The third kappa shape index (κ3) is 5.19. The molecule has 0 amide bonds. The van der Waals surface area contributed by atoms with E-state index in [1.807, 2.05) is 38.1 Å². The lowest BCUT2D eigenvalue weighted by molar-refractivity contribution is 0.463. The summed E-state index contributed by atoms with van der Waals surface area (Å²) < 4.78 is 0. The van der Waals surface area contributed by atoms with E-state index in [9.17, 15) is 10.2 Å². The van der Waals surface area contributed by atoms with Crippen molar-refractivity contribution in [3.05, 3.63) is 57.6 Å². The molecule has 0 heterocycles. The summed E-state index contributed by atoms with van der Waals surface area (Å²) in [7, 11) is 0. The second-order valence-corrected chi connectivity index (χ2v) is 7.66. The number of nitrogens with zero attached hydrogens (tertiary/aromatic N) is 2. The normalized spacial score (nSPS) is 12.1. The second kappa shape index (κ2) is 8.85. The third-order valence-electron chi connectivity index (χ3n) is 4.49. The molecule has 0 aliphatic carbocycles. The summed E-state index contributed by atoms with van der Waals surface area (Å²) >= 11 is 0. The molecule has 2 aromatic carbocycles. The first-order valence-corrected chi connectivity index (χ1v) is 9.37. The van der Waals surface area contributed by atoms with Gasteiger partial charge in [0.2, 0.25) is 0 Å². The van der Waals surface area contributed by atoms with Gasteiger partial charge >= 0.3 is 0 Å². The van der Waals surface area contributed by atoms with Crippen molar-refractivity contribution < 1.29 is 10.2 Å². The van der Waals surface area contributed by atoms with E-state index in [2.05, 4.69) is 37.7 Å². The van der Waals surface area contributed by atoms with Crippen LogP contribution in [-0.2, 0) is 0 Å². The Morgan fingerprint density at radius 1 is 0.741 bits per heavy atom. The van der Waals surface area contributed by atoms with Gasteiger partial charge in [0.05, 0.1) is 0 Å². The van der Waals surface area contributed by atoms with Gasteiger partial charge in [-0.05, 0) is 60.1 Å². The van der Waals surface area contributed by atoms with Crippen LogP contribution in [0.5, 0.6) is 11.5 Å². The zero-order chi connectivity index (χ0) is 20.1. The topological polar surface area (TPSA) is 65.2 Å². The third-order valence-corrected chi connectivity index (χ3v) is 4.49. The van der Waals surface area contributed by atoms with Gasteiger partial charge in [-0.3, -0.25) is 9.98 Å². The van der Waals surface area contributed by atoms with E-state index in [0.717, 1.165) is 22.3 Å². The fourth-order valence-electron chi connectivity index (χ4n) is 3.07. The molecule has 4 nitrogen and oxygen atoms in total. The molecule has 0 saturated carbocycles. The minimum Gasteiger partial charge on any atom is -0.507 e. The lowest BCUT2D eigenvalue weighted by atomic mass is 9.97. The van der Waals surface area contributed by atoms with E-state index < -0.39 is 0 Å². The van der Waals surface area contributed by atoms with Crippen LogP contribution in [0.4, 0.5) is 0 Å². The standard InChI is InChI=1S/C23H30N2O2/c1-14(2)20-9-16(5)7-18(22(20)26)11-24-13-25-12-19-8-17(6)10-21(15(3)4)23(19)27/h7-12,14-15,26-27H,13H2,1-6H3. The van der Waals surface area contributed by atoms with Gasteiger partial charge in [0, 0.05) is 23.6 Å². The van der Waals surface area contributed by atoms with Gasteiger partial charge in [-0.1, -0.05) is 39.8 Å². The van der Waals surface area contributed by atoms with Crippen molar-refractivity contribution in [3.8, 4) is 11.5 Å². The van der Waals surface area contributed by atoms with Crippen molar-refractivity contribution in [2.75, 3.05) is 6.67 Å². The average molecular weight is 367 g/mol. The summed E-state index contributed by atoms with van der Waals surface area (Å²) in [5, 5.41) is 20.8. The van der Waals surface area contributed by atoms with Crippen LogP contribution in [-0.4, -0.2) is 29.3 Å². The fourth-order valence-corrected chi connectivity index (χ4v) is 3.07. The Morgan fingerprint density at radius 2 is 1.11 bits per heavy atom. The maximum Gasteiger partial charge on any atom is 0.129 e. The number of phenolic OH excluding ortho intramolecular Hbond substituents is 2. The molecular weight excluding hydrogens is 336 g/mol. The lowest BCUT2D eigenvalue weighted by Gasteiger charge is -2.12. The van der Waals surface area contributed by atoms with Crippen LogP contribution in [0.25, 0.3) is 0 Å². The number of rotatable bonds is 6. The monoisotopic (exact) mass is 366 g/mol. The molecule has 2 rings (SSSR count). The lowest BCUT2D eigenvalue weighted by Crippen LogP contribution is -1.95. The molecule has 0 fully saturated rings. The van der Waals surface area contributed by atoms with Gasteiger partial charge < -0.3 is 10.2 Å². The molecule has 0 aliphatic heterocycles. The van der Waals surface area contributed by atoms with Crippen LogP contribution < -0.4 is 0 Å². The highest BCUT2D eigenvalue weighted by atomic mass is 16.3. The average Bonchev–Trinajstić information content (AvgIpc) is 2.59. The zero-order valence-electron chi connectivity index (χ0n) is 17.1. The largest absolute Gasteiger partial charge is 0.507 e. The van der Waals surface area contributed by atoms with Crippen molar-refractivity contribution in [1.29, 1.82) is 0 Å². The van der Waals surface area contributed by atoms with Crippen molar-refractivity contribution in [2.45, 2.75) is 53.4 Å². The van der Waals surface area contributed by atoms with Gasteiger partial charge in [-0.25, -0.2) is 0 Å².